The van der Waals surface area contributed by atoms with Crippen molar-refractivity contribution < 1.29 is 24.5 Å². The smallest absolute Gasteiger partial charge is 0.338 e. The number of carboxylic acid groups (broad SMARTS) is 1. The molecule has 2 N–H and O–H groups in total. The van der Waals surface area contributed by atoms with Crippen molar-refractivity contribution in [2.75, 3.05) is 6.61 Å². The summed E-state index contributed by atoms with van der Waals surface area (Å²) in [6, 6.07) is 0. The molecule has 0 unspecified atom stereocenters. The molecule has 1 saturated heterocycles. The van der Waals surface area contributed by atoms with Gasteiger partial charge in [-0.2, -0.15) is 0 Å². The van der Waals surface area contributed by atoms with Gasteiger partial charge in [-0.3, -0.25) is 0 Å². The lowest BCUT2D eigenvalue weighted by Gasteiger charge is -2.49. The molecule has 3 rings (SSSR count). The fourth-order valence-electron chi connectivity index (χ4n) is 4.79. The maximum absolute atomic E-state index is 12.0. The monoisotopic (exact) mass is 280 g/mol. The van der Waals surface area contributed by atoms with Crippen LogP contribution in [0, 0.1) is 22.7 Å². The van der Waals surface area contributed by atoms with Crippen LogP contribution in [0.2, 0.25) is 0 Å². The number of aliphatic hydroxyl groups is 1. The fraction of sp³-hybridized carbons (Fsp3) is 0.733. The summed E-state index contributed by atoms with van der Waals surface area (Å²) < 4.78 is 5.07. The van der Waals surface area contributed by atoms with E-state index in [1.165, 1.54) is 6.92 Å². The number of hydrogen-bond acceptors (Lipinski definition) is 4. The molecule has 1 spiro atoms. The number of carbonyl (C=O) groups is 2. The van der Waals surface area contributed by atoms with E-state index in [1.54, 1.807) is 6.08 Å². The third-order valence-corrected chi connectivity index (χ3v) is 5.52. The molecule has 1 saturated carbocycles. The van der Waals surface area contributed by atoms with Gasteiger partial charge in [0, 0.05) is 16.9 Å². The van der Waals surface area contributed by atoms with E-state index in [1.807, 2.05) is 0 Å². The van der Waals surface area contributed by atoms with E-state index in [4.69, 9.17) is 4.74 Å². The number of allylic oxidation sites excluding steroid dienone is 1. The molecular formula is C15H20O5. The minimum atomic E-state index is -1.64. The van der Waals surface area contributed by atoms with Crippen LogP contribution < -0.4 is 0 Å². The molecule has 110 valence electrons. The van der Waals surface area contributed by atoms with E-state index in [0.717, 1.165) is 6.42 Å². The Morgan fingerprint density at radius 2 is 2.05 bits per heavy atom. The number of hydrogen-bond donors (Lipinski definition) is 2. The Kier molecular flexibility index (Phi) is 2.48. The Labute approximate surface area is 117 Å². The van der Waals surface area contributed by atoms with Crippen LogP contribution in [0.3, 0.4) is 0 Å². The number of carbonyl (C=O) groups excluding carboxylic acids is 1. The Morgan fingerprint density at radius 1 is 1.40 bits per heavy atom. The van der Waals surface area contributed by atoms with Crippen LogP contribution in [-0.2, 0) is 14.3 Å². The average molecular weight is 280 g/mol. The number of cyclic esters (lactones) is 1. The van der Waals surface area contributed by atoms with E-state index >= 15 is 0 Å². The molecule has 1 heterocycles. The van der Waals surface area contributed by atoms with Crippen LogP contribution in [0.15, 0.2) is 11.6 Å². The summed E-state index contributed by atoms with van der Waals surface area (Å²) in [6.07, 6.45) is 3.16. The van der Waals surface area contributed by atoms with Gasteiger partial charge in [0.25, 0.3) is 0 Å². The second kappa shape index (κ2) is 3.64. The second-order valence-corrected chi connectivity index (χ2v) is 7.34. The minimum Gasteiger partial charge on any atom is -0.478 e. The molecule has 0 aromatic rings. The minimum absolute atomic E-state index is 0.0228. The Balaban J connectivity index is 2.16. The van der Waals surface area contributed by atoms with Gasteiger partial charge in [0.05, 0.1) is 6.61 Å². The van der Waals surface area contributed by atoms with E-state index in [2.05, 4.69) is 13.8 Å². The van der Waals surface area contributed by atoms with Gasteiger partial charge in [-0.05, 0) is 31.1 Å². The van der Waals surface area contributed by atoms with Crippen LogP contribution in [0.5, 0.6) is 0 Å². The maximum Gasteiger partial charge on any atom is 0.338 e. The summed E-state index contributed by atoms with van der Waals surface area (Å²) in [7, 11) is 0. The first-order chi connectivity index (χ1) is 9.12. The van der Waals surface area contributed by atoms with E-state index in [9.17, 15) is 19.8 Å². The molecule has 2 fully saturated rings. The predicted octanol–water partition coefficient (Wildman–Crippen LogP) is 1.36. The first kappa shape index (κ1) is 13.6. The highest BCUT2D eigenvalue weighted by Crippen LogP contribution is 2.68. The second-order valence-electron chi connectivity index (χ2n) is 7.34. The van der Waals surface area contributed by atoms with Crippen LogP contribution in [0.25, 0.3) is 0 Å². The number of ether oxygens (including phenoxy) is 1. The van der Waals surface area contributed by atoms with Crippen LogP contribution >= 0.6 is 0 Å². The van der Waals surface area contributed by atoms with Gasteiger partial charge in [0.2, 0.25) is 0 Å². The lowest BCUT2D eigenvalue weighted by atomic mass is 9.59. The van der Waals surface area contributed by atoms with Crippen molar-refractivity contribution in [1.29, 1.82) is 0 Å². The quantitative estimate of drug-likeness (QED) is 0.708. The van der Waals surface area contributed by atoms with Gasteiger partial charge in [-0.1, -0.05) is 19.9 Å². The summed E-state index contributed by atoms with van der Waals surface area (Å²) in [4.78, 5) is 23.5. The molecule has 3 aliphatic rings. The van der Waals surface area contributed by atoms with Crippen LogP contribution in [0.4, 0.5) is 0 Å². The normalized spacial score (nSPS) is 45.4. The van der Waals surface area contributed by atoms with Gasteiger partial charge in [-0.25, -0.2) is 9.59 Å². The van der Waals surface area contributed by atoms with Crippen LogP contribution in [0.1, 0.15) is 33.6 Å². The largest absolute Gasteiger partial charge is 0.478 e. The van der Waals surface area contributed by atoms with Crippen LogP contribution in [-0.4, -0.2) is 34.4 Å². The first-order valence-electron chi connectivity index (χ1n) is 6.96. The van der Waals surface area contributed by atoms with Crippen molar-refractivity contribution in [1.82, 2.24) is 0 Å². The third kappa shape index (κ3) is 1.41. The van der Waals surface area contributed by atoms with E-state index < -0.39 is 28.9 Å². The summed E-state index contributed by atoms with van der Waals surface area (Å²) in [6.45, 7) is 5.73. The Bertz CT molecular complexity index is 530. The molecule has 0 aromatic heterocycles. The van der Waals surface area contributed by atoms with Gasteiger partial charge < -0.3 is 14.9 Å². The van der Waals surface area contributed by atoms with Gasteiger partial charge in [0.1, 0.15) is 0 Å². The molecule has 0 amide bonds. The van der Waals surface area contributed by atoms with E-state index in [-0.39, 0.29) is 17.9 Å². The summed E-state index contributed by atoms with van der Waals surface area (Å²) in [5, 5.41) is 20.2. The lowest BCUT2D eigenvalue weighted by Crippen LogP contribution is -2.61. The van der Waals surface area contributed by atoms with Crippen molar-refractivity contribution in [3.8, 4) is 0 Å². The standard InChI is InChI=1S/C15H20O5/c1-13(2)5-8-4-9(11(16)17)10-6-20-12(18)14(3,19)15(8,10)7-13/h4,8,10,19H,5-7H2,1-3H3,(H,16,17)/t8-,10+,14-,15-/m0/s1. The van der Waals surface area contributed by atoms with Crippen molar-refractivity contribution in [3.05, 3.63) is 11.6 Å². The molecule has 2 aliphatic carbocycles. The zero-order valence-corrected chi connectivity index (χ0v) is 12.0. The molecule has 5 nitrogen and oxygen atoms in total. The highest BCUT2D eigenvalue weighted by atomic mass is 16.6. The van der Waals surface area contributed by atoms with Crippen molar-refractivity contribution in [3.63, 3.8) is 0 Å². The molecule has 0 radical (unpaired) electrons. The number of rotatable bonds is 1. The average Bonchev–Trinajstić information content (AvgIpc) is 2.73. The fourth-order valence-corrected chi connectivity index (χ4v) is 4.79. The molecule has 20 heavy (non-hydrogen) atoms. The molecule has 5 heteroatoms. The lowest BCUT2D eigenvalue weighted by molar-refractivity contribution is -0.208. The molecule has 1 aliphatic heterocycles. The molecular weight excluding hydrogens is 260 g/mol. The molecule has 0 bridgehead atoms. The SMILES string of the molecule is CC1(C)C[C@@H]2C=C(C(=O)O)[C@H]3COC(=O)[C@](C)(O)[C@]32C1. The zero-order chi connectivity index (χ0) is 14.9. The topological polar surface area (TPSA) is 83.8 Å². The Morgan fingerprint density at radius 3 is 2.65 bits per heavy atom. The third-order valence-electron chi connectivity index (χ3n) is 5.52. The summed E-state index contributed by atoms with van der Waals surface area (Å²) >= 11 is 0. The first-order valence-corrected chi connectivity index (χ1v) is 6.96. The molecule has 0 aromatic carbocycles. The summed E-state index contributed by atoms with van der Waals surface area (Å²) in [5.74, 6) is -2.11. The zero-order valence-electron chi connectivity index (χ0n) is 12.0. The van der Waals surface area contributed by atoms with E-state index in [0.29, 0.717) is 12.0 Å². The summed E-state index contributed by atoms with van der Waals surface area (Å²) in [5.41, 5.74) is -2.11. The Hall–Kier alpha value is -1.36. The van der Waals surface area contributed by atoms with Crippen molar-refractivity contribution in [2.45, 2.75) is 39.2 Å². The van der Waals surface area contributed by atoms with Gasteiger partial charge >= 0.3 is 11.9 Å². The van der Waals surface area contributed by atoms with Crippen molar-refractivity contribution >= 4 is 11.9 Å². The highest BCUT2D eigenvalue weighted by Gasteiger charge is 2.71. The molecule has 4 atom stereocenters. The maximum atomic E-state index is 12.0. The number of esters is 1. The highest BCUT2D eigenvalue weighted by molar-refractivity contribution is 5.90. The van der Waals surface area contributed by atoms with Crippen molar-refractivity contribution in [2.24, 2.45) is 22.7 Å². The van der Waals surface area contributed by atoms with Gasteiger partial charge in [-0.15, -0.1) is 0 Å². The number of aliphatic carboxylic acids is 1. The van der Waals surface area contributed by atoms with Gasteiger partial charge in [0.15, 0.2) is 5.60 Å². The number of carboxylic acids is 1. The predicted molar refractivity (Wildman–Crippen MR) is 69.7 cm³/mol.